The van der Waals surface area contributed by atoms with Gasteiger partial charge in [-0.2, -0.15) is 0 Å². The number of halogens is 1. The van der Waals surface area contributed by atoms with Crippen LogP contribution in [-0.2, 0) is 14.3 Å². The Morgan fingerprint density at radius 1 is 1.00 bits per heavy atom. The van der Waals surface area contributed by atoms with E-state index in [2.05, 4.69) is 5.32 Å². The summed E-state index contributed by atoms with van der Waals surface area (Å²) in [6, 6.07) is 12.3. The van der Waals surface area contributed by atoms with Crippen molar-refractivity contribution >= 4 is 34.9 Å². The summed E-state index contributed by atoms with van der Waals surface area (Å²) in [6.45, 7) is 7.53. The van der Waals surface area contributed by atoms with E-state index in [-0.39, 0.29) is 24.5 Å². The Balaban J connectivity index is 1.90. The van der Waals surface area contributed by atoms with Gasteiger partial charge in [0.15, 0.2) is 11.9 Å². The summed E-state index contributed by atoms with van der Waals surface area (Å²) in [5.74, 6) is -0.943. The van der Waals surface area contributed by atoms with Crippen molar-refractivity contribution < 1.29 is 19.1 Å². The quantitative estimate of drug-likeness (QED) is 0.468. The lowest BCUT2D eigenvalue weighted by atomic mass is 9.98. The third-order valence-corrected chi connectivity index (χ3v) is 4.83. The van der Waals surface area contributed by atoms with E-state index >= 15 is 0 Å². The normalized spacial score (nSPS) is 11.8. The summed E-state index contributed by atoms with van der Waals surface area (Å²) < 4.78 is 5.21. The highest BCUT2D eigenvalue weighted by atomic mass is 35.5. The smallest absolute Gasteiger partial charge is 0.307 e. The topological polar surface area (TPSA) is 72.5 Å². The lowest BCUT2D eigenvalue weighted by Crippen LogP contribution is -2.30. The molecule has 0 aliphatic heterocycles. The lowest BCUT2D eigenvalue weighted by molar-refractivity contribution is -0.153. The highest BCUT2D eigenvalue weighted by Crippen LogP contribution is 2.27. The van der Waals surface area contributed by atoms with Crippen molar-refractivity contribution in [3.05, 3.63) is 64.2 Å². The summed E-state index contributed by atoms with van der Waals surface area (Å²) in [7, 11) is 0. The van der Waals surface area contributed by atoms with Crippen LogP contribution in [0.2, 0.25) is 5.02 Å². The molecule has 0 aliphatic rings. The molecule has 0 unspecified atom stereocenters. The third kappa shape index (κ3) is 6.43. The van der Waals surface area contributed by atoms with Crippen LogP contribution in [0.4, 0.5) is 5.69 Å². The molecule has 0 saturated heterocycles. The van der Waals surface area contributed by atoms with Gasteiger partial charge in [0, 0.05) is 22.7 Å². The van der Waals surface area contributed by atoms with Gasteiger partial charge in [0.1, 0.15) is 0 Å². The van der Waals surface area contributed by atoms with E-state index in [1.165, 1.54) is 6.92 Å². The second-order valence-electron chi connectivity index (χ2n) is 7.25. The van der Waals surface area contributed by atoms with Gasteiger partial charge < -0.3 is 10.1 Å². The molecule has 6 heteroatoms. The summed E-state index contributed by atoms with van der Waals surface area (Å²) in [4.78, 5) is 36.7. The number of aryl methyl sites for hydroxylation is 1. The number of ether oxygens (including phenoxy) is 1. The van der Waals surface area contributed by atoms with Crippen molar-refractivity contribution in [3.63, 3.8) is 0 Å². The molecule has 0 bridgehead atoms. The number of ketones is 1. The van der Waals surface area contributed by atoms with Crippen molar-refractivity contribution in [2.24, 2.45) is 0 Å². The van der Waals surface area contributed by atoms with Crippen LogP contribution >= 0.6 is 11.6 Å². The van der Waals surface area contributed by atoms with Gasteiger partial charge in [-0.1, -0.05) is 43.6 Å². The molecule has 1 atom stereocenters. The number of amides is 1. The predicted octanol–water partition coefficient (Wildman–Crippen LogP) is 5.31. The van der Waals surface area contributed by atoms with E-state index in [1.54, 1.807) is 24.3 Å². The maximum atomic E-state index is 12.5. The highest BCUT2D eigenvalue weighted by molar-refractivity contribution is 6.30. The van der Waals surface area contributed by atoms with Crippen LogP contribution in [0.25, 0.3) is 0 Å². The minimum absolute atomic E-state index is 0.00406. The average Bonchev–Trinajstić information content (AvgIpc) is 2.67. The van der Waals surface area contributed by atoms with Crippen LogP contribution in [-0.4, -0.2) is 23.8 Å². The van der Waals surface area contributed by atoms with E-state index in [4.69, 9.17) is 16.3 Å². The molecule has 0 heterocycles. The fourth-order valence-electron chi connectivity index (χ4n) is 2.87. The van der Waals surface area contributed by atoms with Gasteiger partial charge in [0.2, 0.25) is 0 Å². The van der Waals surface area contributed by atoms with Crippen LogP contribution < -0.4 is 5.32 Å². The molecule has 2 rings (SSSR count). The molecule has 154 valence electrons. The first-order chi connectivity index (χ1) is 13.7. The molecule has 0 aliphatic carbocycles. The Hall–Kier alpha value is -2.66. The molecule has 29 heavy (non-hydrogen) atoms. The number of nitrogens with one attached hydrogen (secondary N) is 1. The molecule has 2 aromatic carbocycles. The largest absolute Gasteiger partial charge is 0.453 e. The number of carbonyl (C=O) groups is 3. The van der Waals surface area contributed by atoms with E-state index in [0.717, 1.165) is 16.8 Å². The second-order valence-corrected chi connectivity index (χ2v) is 7.68. The Morgan fingerprint density at radius 3 is 2.28 bits per heavy atom. The maximum Gasteiger partial charge on any atom is 0.307 e. The van der Waals surface area contributed by atoms with E-state index < -0.39 is 18.0 Å². The van der Waals surface area contributed by atoms with Gasteiger partial charge in [-0.15, -0.1) is 0 Å². The molecular weight excluding hydrogens is 390 g/mol. The number of hydrogen-bond acceptors (Lipinski definition) is 4. The first-order valence-electron chi connectivity index (χ1n) is 9.57. The summed E-state index contributed by atoms with van der Waals surface area (Å²) in [5, 5.41) is 3.40. The number of esters is 1. The minimum Gasteiger partial charge on any atom is -0.453 e. The van der Waals surface area contributed by atoms with Gasteiger partial charge in [-0.25, -0.2) is 0 Å². The van der Waals surface area contributed by atoms with Crippen LogP contribution in [0.1, 0.15) is 61.0 Å². The molecule has 5 nitrogen and oxygen atoms in total. The van der Waals surface area contributed by atoms with Crippen molar-refractivity contribution in [2.75, 3.05) is 5.32 Å². The van der Waals surface area contributed by atoms with Crippen molar-refractivity contribution in [3.8, 4) is 0 Å². The first kappa shape index (κ1) is 22.6. The molecule has 1 amide bonds. The number of rotatable bonds is 8. The Morgan fingerprint density at radius 2 is 1.66 bits per heavy atom. The Bertz CT molecular complexity index is 890. The molecule has 0 spiro atoms. The van der Waals surface area contributed by atoms with Gasteiger partial charge in [0.25, 0.3) is 5.91 Å². The highest BCUT2D eigenvalue weighted by Gasteiger charge is 2.21. The zero-order valence-electron chi connectivity index (χ0n) is 17.1. The fraction of sp³-hybridized carbons (Fsp3) is 0.348. The average molecular weight is 416 g/mol. The molecule has 0 aromatic heterocycles. The van der Waals surface area contributed by atoms with Crippen LogP contribution in [0.3, 0.4) is 0 Å². The predicted molar refractivity (Wildman–Crippen MR) is 114 cm³/mol. The first-order valence-corrected chi connectivity index (χ1v) is 9.95. The van der Waals surface area contributed by atoms with Crippen LogP contribution in [0, 0.1) is 6.92 Å². The van der Waals surface area contributed by atoms with Gasteiger partial charge in [-0.3, -0.25) is 14.4 Å². The molecule has 2 aromatic rings. The standard InChI is InChI=1S/C23H26ClNO4/c1-14(2)19-7-5-6-15(3)22(19)25-23(28)16(4)29-21(27)13-12-20(26)17-8-10-18(24)11-9-17/h5-11,14,16H,12-13H2,1-4H3,(H,25,28)/t16-/m1/s1. The molecule has 0 fully saturated rings. The van der Waals surface area contributed by atoms with Gasteiger partial charge in [-0.05, 0) is 55.2 Å². The monoisotopic (exact) mass is 415 g/mol. The van der Waals surface area contributed by atoms with Gasteiger partial charge >= 0.3 is 5.97 Å². The van der Waals surface area contributed by atoms with E-state index in [1.807, 2.05) is 39.0 Å². The van der Waals surface area contributed by atoms with Crippen molar-refractivity contribution in [1.29, 1.82) is 0 Å². The lowest BCUT2D eigenvalue weighted by Gasteiger charge is -2.19. The van der Waals surface area contributed by atoms with Crippen molar-refractivity contribution in [2.45, 2.75) is 52.6 Å². The van der Waals surface area contributed by atoms with E-state index in [9.17, 15) is 14.4 Å². The SMILES string of the molecule is Cc1cccc(C(C)C)c1NC(=O)[C@@H](C)OC(=O)CCC(=O)c1ccc(Cl)cc1. The van der Waals surface area contributed by atoms with Crippen LogP contribution in [0.15, 0.2) is 42.5 Å². The minimum atomic E-state index is -0.965. The summed E-state index contributed by atoms with van der Waals surface area (Å²) in [6.07, 6.45) is -1.06. The third-order valence-electron chi connectivity index (χ3n) is 4.58. The van der Waals surface area contributed by atoms with Crippen LogP contribution in [0.5, 0.6) is 0 Å². The van der Waals surface area contributed by atoms with Gasteiger partial charge in [0.05, 0.1) is 6.42 Å². The number of carbonyl (C=O) groups excluding carboxylic acids is 3. The second kappa shape index (κ2) is 10.2. The summed E-state index contributed by atoms with van der Waals surface area (Å²) >= 11 is 5.80. The van der Waals surface area contributed by atoms with E-state index in [0.29, 0.717) is 10.6 Å². The number of Topliss-reactive ketones (excluding diaryl/α,β-unsaturated/α-hetero) is 1. The zero-order chi connectivity index (χ0) is 21.6. The molecule has 0 saturated carbocycles. The fourth-order valence-corrected chi connectivity index (χ4v) is 3.00. The Kier molecular flexibility index (Phi) is 7.97. The molecular formula is C23H26ClNO4. The van der Waals surface area contributed by atoms with Crippen molar-refractivity contribution in [1.82, 2.24) is 0 Å². The number of hydrogen-bond donors (Lipinski definition) is 1. The summed E-state index contributed by atoms with van der Waals surface area (Å²) in [5.41, 5.74) is 3.18. The zero-order valence-corrected chi connectivity index (χ0v) is 17.9. The molecule has 0 radical (unpaired) electrons. The number of benzene rings is 2. The number of anilines is 1. The molecule has 1 N–H and O–H groups in total. The maximum absolute atomic E-state index is 12.5. The Labute approximate surface area is 176 Å². The number of para-hydroxylation sites is 1.